The molecule has 1 aliphatic heterocycles. The summed E-state index contributed by atoms with van der Waals surface area (Å²) in [5.74, 6) is 2.62. The van der Waals surface area contributed by atoms with E-state index in [-0.39, 0.29) is 0 Å². The van der Waals surface area contributed by atoms with Crippen molar-refractivity contribution in [3.8, 4) is 0 Å². The molecule has 0 aromatic rings. The van der Waals surface area contributed by atoms with E-state index in [1.165, 1.54) is 51.6 Å². The summed E-state index contributed by atoms with van der Waals surface area (Å²) in [4.78, 5) is 0. The molecule has 1 heterocycles. The topological polar surface area (TPSA) is 21.3 Å². The Bertz CT molecular complexity index is 213. The molecule has 1 saturated heterocycles. The molecular formula is C15H29NO. The highest BCUT2D eigenvalue weighted by Gasteiger charge is 2.25. The normalized spacial score (nSPS) is 39.2. The molecule has 1 saturated carbocycles. The maximum Gasteiger partial charge on any atom is 0.0577 e. The summed E-state index contributed by atoms with van der Waals surface area (Å²) in [6.07, 6.45) is 8.48. The number of hydrogen-bond donors (Lipinski definition) is 1. The Kier molecular flexibility index (Phi) is 5.30. The van der Waals surface area contributed by atoms with Crippen molar-refractivity contribution in [3.63, 3.8) is 0 Å². The van der Waals surface area contributed by atoms with Crippen LogP contribution in [0.15, 0.2) is 0 Å². The fourth-order valence-electron chi connectivity index (χ4n) is 3.22. The van der Waals surface area contributed by atoms with Crippen molar-refractivity contribution in [1.29, 1.82) is 0 Å². The molecule has 2 rings (SSSR count). The zero-order valence-electron chi connectivity index (χ0n) is 11.6. The van der Waals surface area contributed by atoms with Crippen molar-refractivity contribution < 1.29 is 4.74 Å². The second-order valence-corrected chi connectivity index (χ2v) is 6.26. The molecule has 2 nitrogen and oxygen atoms in total. The largest absolute Gasteiger partial charge is 0.378 e. The van der Waals surface area contributed by atoms with Crippen molar-refractivity contribution in [2.75, 3.05) is 19.7 Å². The quantitative estimate of drug-likeness (QED) is 0.813. The van der Waals surface area contributed by atoms with Crippen LogP contribution in [-0.2, 0) is 4.74 Å². The fraction of sp³-hybridized carbons (Fsp3) is 1.00. The van der Waals surface area contributed by atoms with Gasteiger partial charge in [-0.15, -0.1) is 0 Å². The minimum absolute atomic E-state index is 0.553. The van der Waals surface area contributed by atoms with Gasteiger partial charge in [0.25, 0.3) is 0 Å². The van der Waals surface area contributed by atoms with Crippen molar-refractivity contribution in [2.45, 2.75) is 58.5 Å². The lowest BCUT2D eigenvalue weighted by Crippen LogP contribution is -2.31. The molecule has 1 aliphatic carbocycles. The number of ether oxygens (including phenoxy) is 1. The maximum atomic E-state index is 6.08. The Morgan fingerprint density at radius 1 is 1.12 bits per heavy atom. The first kappa shape index (κ1) is 13.4. The summed E-state index contributed by atoms with van der Waals surface area (Å²) in [7, 11) is 0. The van der Waals surface area contributed by atoms with Gasteiger partial charge in [0.15, 0.2) is 0 Å². The van der Waals surface area contributed by atoms with Gasteiger partial charge in [0.1, 0.15) is 0 Å². The summed E-state index contributed by atoms with van der Waals surface area (Å²) in [6.45, 7) is 8.18. The van der Waals surface area contributed by atoms with E-state index in [0.717, 1.165) is 24.4 Å². The van der Waals surface area contributed by atoms with Crippen LogP contribution in [0.3, 0.4) is 0 Å². The third-order valence-electron chi connectivity index (χ3n) is 4.83. The molecule has 0 aromatic heterocycles. The highest BCUT2D eigenvalue weighted by Crippen LogP contribution is 2.31. The smallest absolute Gasteiger partial charge is 0.0577 e. The highest BCUT2D eigenvalue weighted by atomic mass is 16.5. The van der Waals surface area contributed by atoms with Crippen LogP contribution in [-0.4, -0.2) is 25.8 Å². The van der Waals surface area contributed by atoms with Crippen molar-refractivity contribution in [1.82, 2.24) is 5.32 Å². The zero-order chi connectivity index (χ0) is 12.1. The zero-order valence-corrected chi connectivity index (χ0v) is 11.6. The van der Waals surface area contributed by atoms with Gasteiger partial charge in [-0.1, -0.05) is 13.8 Å². The van der Waals surface area contributed by atoms with E-state index in [1.807, 2.05) is 0 Å². The molecule has 0 radical (unpaired) electrons. The van der Waals surface area contributed by atoms with Crippen LogP contribution in [0, 0.1) is 17.8 Å². The van der Waals surface area contributed by atoms with Gasteiger partial charge in [-0.3, -0.25) is 0 Å². The molecule has 0 bridgehead atoms. The maximum absolute atomic E-state index is 6.08. The summed E-state index contributed by atoms with van der Waals surface area (Å²) < 4.78 is 6.08. The first-order chi connectivity index (χ1) is 8.25. The van der Waals surface area contributed by atoms with E-state index in [4.69, 9.17) is 4.74 Å². The Hall–Kier alpha value is -0.0800. The standard InChI is InChI=1S/C15H29NO/c1-12-5-6-15(10-13(12)2)17-9-7-14-4-3-8-16-11-14/h12-16H,3-11H2,1-2H3. The summed E-state index contributed by atoms with van der Waals surface area (Å²) in [5.41, 5.74) is 0. The minimum Gasteiger partial charge on any atom is -0.378 e. The van der Waals surface area contributed by atoms with Crippen molar-refractivity contribution in [3.05, 3.63) is 0 Å². The molecule has 17 heavy (non-hydrogen) atoms. The second kappa shape index (κ2) is 6.75. The second-order valence-electron chi connectivity index (χ2n) is 6.26. The van der Waals surface area contributed by atoms with E-state index in [9.17, 15) is 0 Å². The Morgan fingerprint density at radius 3 is 2.71 bits per heavy atom. The molecular weight excluding hydrogens is 210 g/mol. The van der Waals surface area contributed by atoms with Crippen LogP contribution < -0.4 is 5.32 Å². The van der Waals surface area contributed by atoms with Crippen LogP contribution in [0.5, 0.6) is 0 Å². The van der Waals surface area contributed by atoms with E-state index < -0.39 is 0 Å². The summed E-state index contributed by atoms with van der Waals surface area (Å²) in [5, 5.41) is 3.48. The summed E-state index contributed by atoms with van der Waals surface area (Å²) >= 11 is 0. The molecule has 1 N–H and O–H groups in total. The molecule has 2 aliphatic rings. The Labute approximate surface area is 107 Å². The van der Waals surface area contributed by atoms with Gasteiger partial charge in [-0.2, -0.15) is 0 Å². The highest BCUT2D eigenvalue weighted by molar-refractivity contribution is 4.76. The van der Waals surface area contributed by atoms with Crippen LogP contribution in [0.1, 0.15) is 52.4 Å². The third kappa shape index (κ3) is 4.26. The predicted octanol–water partition coefficient (Wildman–Crippen LogP) is 3.22. The van der Waals surface area contributed by atoms with Crippen molar-refractivity contribution >= 4 is 0 Å². The van der Waals surface area contributed by atoms with Gasteiger partial charge in [0.05, 0.1) is 6.10 Å². The number of hydrogen-bond acceptors (Lipinski definition) is 2. The van der Waals surface area contributed by atoms with E-state index in [1.54, 1.807) is 0 Å². The monoisotopic (exact) mass is 239 g/mol. The Morgan fingerprint density at radius 2 is 2.00 bits per heavy atom. The molecule has 4 unspecified atom stereocenters. The molecule has 100 valence electrons. The van der Waals surface area contributed by atoms with Gasteiger partial charge in [0, 0.05) is 6.61 Å². The average Bonchev–Trinajstić information content (AvgIpc) is 2.35. The minimum atomic E-state index is 0.553. The van der Waals surface area contributed by atoms with Crippen molar-refractivity contribution in [2.24, 2.45) is 17.8 Å². The SMILES string of the molecule is CC1CCC(OCCC2CCCNC2)CC1C. The summed E-state index contributed by atoms with van der Waals surface area (Å²) in [6, 6.07) is 0. The molecule has 2 fully saturated rings. The van der Waals surface area contributed by atoms with Crippen LogP contribution in [0.4, 0.5) is 0 Å². The van der Waals surface area contributed by atoms with Crippen LogP contribution in [0.2, 0.25) is 0 Å². The molecule has 4 atom stereocenters. The van der Waals surface area contributed by atoms with E-state index in [0.29, 0.717) is 6.10 Å². The predicted molar refractivity (Wildman–Crippen MR) is 72.1 cm³/mol. The van der Waals surface area contributed by atoms with Crippen LogP contribution >= 0.6 is 0 Å². The lowest BCUT2D eigenvalue weighted by molar-refractivity contribution is -0.00380. The molecule has 0 spiro atoms. The fourth-order valence-corrected chi connectivity index (χ4v) is 3.22. The van der Waals surface area contributed by atoms with Gasteiger partial charge >= 0.3 is 0 Å². The van der Waals surface area contributed by atoms with E-state index in [2.05, 4.69) is 19.2 Å². The molecule has 0 aromatic carbocycles. The van der Waals surface area contributed by atoms with E-state index >= 15 is 0 Å². The number of piperidine rings is 1. The average molecular weight is 239 g/mol. The lowest BCUT2D eigenvalue weighted by Gasteiger charge is -2.32. The van der Waals surface area contributed by atoms with Gasteiger partial charge < -0.3 is 10.1 Å². The van der Waals surface area contributed by atoms with Gasteiger partial charge in [-0.25, -0.2) is 0 Å². The first-order valence-corrected chi connectivity index (χ1v) is 7.58. The Balaban J connectivity index is 1.58. The van der Waals surface area contributed by atoms with Gasteiger partial charge in [0.2, 0.25) is 0 Å². The lowest BCUT2D eigenvalue weighted by atomic mass is 9.80. The molecule has 0 amide bonds. The van der Waals surface area contributed by atoms with Gasteiger partial charge in [-0.05, 0) is 69.4 Å². The first-order valence-electron chi connectivity index (χ1n) is 7.58. The van der Waals surface area contributed by atoms with Crippen LogP contribution in [0.25, 0.3) is 0 Å². The number of rotatable bonds is 4. The number of nitrogens with one attached hydrogen (secondary N) is 1. The molecule has 2 heteroatoms. The third-order valence-corrected chi connectivity index (χ3v) is 4.83.